The van der Waals surface area contributed by atoms with Crippen LogP contribution in [0.1, 0.15) is 52.8 Å². The normalized spacial score (nSPS) is 18.7. The molecule has 7 nitrogen and oxygen atoms in total. The number of rotatable bonds is 5. The Morgan fingerprint density at radius 1 is 1.29 bits per heavy atom. The van der Waals surface area contributed by atoms with Crippen molar-refractivity contribution in [2.24, 2.45) is 0 Å². The zero-order valence-corrected chi connectivity index (χ0v) is 16.4. The maximum absolute atomic E-state index is 13.0. The van der Waals surface area contributed by atoms with Crippen LogP contribution in [0.4, 0.5) is 0 Å². The standard InChI is InChI=1S/C21H25N5O2/c1-14-10-18-19(15(2)28-14)23-24-20(18)21(27)25(3)11-16-4-6-17(7-5-16)12-26-9-8-22-13-26/h4-9,13-15H,10-12H2,1-3H3,(H,23,24)/t14-,15+/m1/s1. The van der Waals surface area contributed by atoms with Crippen molar-refractivity contribution in [3.05, 3.63) is 71.1 Å². The van der Waals surface area contributed by atoms with Crippen LogP contribution in [0.2, 0.25) is 0 Å². The molecule has 7 heteroatoms. The molecule has 1 amide bonds. The van der Waals surface area contributed by atoms with Crippen molar-refractivity contribution >= 4 is 5.91 Å². The molecule has 0 fully saturated rings. The highest BCUT2D eigenvalue weighted by Gasteiger charge is 2.30. The van der Waals surface area contributed by atoms with Crippen LogP contribution in [0.15, 0.2) is 43.0 Å². The molecule has 0 spiro atoms. The minimum Gasteiger partial charge on any atom is -0.369 e. The lowest BCUT2D eigenvalue weighted by Crippen LogP contribution is -2.29. The van der Waals surface area contributed by atoms with Crippen molar-refractivity contribution < 1.29 is 9.53 Å². The fraction of sp³-hybridized carbons (Fsp3) is 0.381. The summed E-state index contributed by atoms with van der Waals surface area (Å²) in [5.74, 6) is -0.0682. The number of nitrogens with zero attached hydrogens (tertiary/aromatic N) is 4. The van der Waals surface area contributed by atoms with Gasteiger partial charge in [-0.2, -0.15) is 5.10 Å². The topological polar surface area (TPSA) is 76.0 Å². The van der Waals surface area contributed by atoms with Gasteiger partial charge in [0, 0.05) is 44.5 Å². The molecule has 0 radical (unpaired) electrons. The number of H-pyrrole nitrogens is 1. The van der Waals surface area contributed by atoms with Crippen LogP contribution < -0.4 is 0 Å². The van der Waals surface area contributed by atoms with Gasteiger partial charge < -0.3 is 14.2 Å². The first-order valence-electron chi connectivity index (χ1n) is 9.53. The third kappa shape index (κ3) is 3.71. The predicted octanol–water partition coefficient (Wildman–Crippen LogP) is 2.95. The summed E-state index contributed by atoms with van der Waals surface area (Å²) < 4.78 is 7.83. The number of amides is 1. The van der Waals surface area contributed by atoms with E-state index in [1.807, 2.05) is 31.7 Å². The summed E-state index contributed by atoms with van der Waals surface area (Å²) in [6.07, 6.45) is 6.24. The zero-order chi connectivity index (χ0) is 19.7. The highest BCUT2D eigenvalue weighted by atomic mass is 16.5. The second-order valence-corrected chi connectivity index (χ2v) is 7.47. The Labute approximate surface area is 164 Å². The minimum atomic E-state index is -0.0684. The van der Waals surface area contributed by atoms with E-state index in [0.29, 0.717) is 18.7 Å². The quantitative estimate of drug-likeness (QED) is 0.739. The number of aromatic nitrogens is 4. The summed E-state index contributed by atoms with van der Waals surface area (Å²) in [7, 11) is 1.81. The van der Waals surface area contributed by atoms with E-state index in [1.165, 1.54) is 5.56 Å². The van der Waals surface area contributed by atoms with E-state index in [9.17, 15) is 4.79 Å². The van der Waals surface area contributed by atoms with Gasteiger partial charge in [0.1, 0.15) is 0 Å². The highest BCUT2D eigenvalue weighted by Crippen LogP contribution is 2.30. The Kier molecular flexibility index (Phi) is 5.00. The maximum Gasteiger partial charge on any atom is 0.274 e. The Balaban J connectivity index is 1.44. The largest absolute Gasteiger partial charge is 0.369 e. The van der Waals surface area contributed by atoms with Crippen molar-refractivity contribution in [2.75, 3.05) is 7.05 Å². The summed E-state index contributed by atoms with van der Waals surface area (Å²) in [5.41, 5.74) is 4.69. The SMILES string of the molecule is C[C@@H]1Cc2c(C(=O)N(C)Cc3ccc(Cn4ccnc4)cc3)n[nH]c2[C@H](C)O1. The molecule has 0 saturated heterocycles. The average Bonchev–Trinajstić information content (AvgIpc) is 3.32. The average molecular weight is 379 g/mol. The minimum absolute atomic E-state index is 0.0682. The van der Waals surface area contributed by atoms with Gasteiger partial charge in [-0.05, 0) is 25.0 Å². The molecule has 0 bridgehead atoms. The van der Waals surface area contributed by atoms with E-state index in [1.54, 1.807) is 17.4 Å². The van der Waals surface area contributed by atoms with Crippen molar-refractivity contribution in [3.63, 3.8) is 0 Å². The van der Waals surface area contributed by atoms with Crippen molar-refractivity contribution in [2.45, 2.75) is 45.6 Å². The van der Waals surface area contributed by atoms with Gasteiger partial charge in [-0.3, -0.25) is 9.89 Å². The van der Waals surface area contributed by atoms with E-state index >= 15 is 0 Å². The Hall–Kier alpha value is -2.93. The van der Waals surface area contributed by atoms with Gasteiger partial charge in [0.15, 0.2) is 5.69 Å². The first kappa shape index (κ1) is 18.4. The monoisotopic (exact) mass is 379 g/mol. The molecule has 2 aromatic heterocycles. The van der Waals surface area contributed by atoms with Crippen LogP contribution in [0.3, 0.4) is 0 Å². The van der Waals surface area contributed by atoms with Crippen LogP contribution >= 0.6 is 0 Å². The van der Waals surface area contributed by atoms with Crippen LogP contribution in [-0.2, 0) is 24.2 Å². The van der Waals surface area contributed by atoms with Gasteiger partial charge >= 0.3 is 0 Å². The van der Waals surface area contributed by atoms with Crippen LogP contribution in [0.5, 0.6) is 0 Å². The van der Waals surface area contributed by atoms with Gasteiger partial charge in [-0.1, -0.05) is 24.3 Å². The third-order valence-corrected chi connectivity index (χ3v) is 5.15. The van der Waals surface area contributed by atoms with Gasteiger partial charge in [-0.15, -0.1) is 0 Å². The molecule has 146 valence electrons. The lowest BCUT2D eigenvalue weighted by Gasteiger charge is -2.25. The molecule has 0 saturated carbocycles. The number of carbonyl (C=O) groups excluding carboxylic acids is 1. The number of imidazole rings is 1. The summed E-state index contributed by atoms with van der Waals surface area (Å²) in [6.45, 7) is 5.33. The number of nitrogens with one attached hydrogen (secondary N) is 1. The number of aromatic amines is 1. The number of hydrogen-bond acceptors (Lipinski definition) is 4. The summed E-state index contributed by atoms with van der Waals surface area (Å²) in [5, 5.41) is 7.29. The molecule has 3 aromatic rings. The van der Waals surface area contributed by atoms with E-state index < -0.39 is 0 Å². The van der Waals surface area contributed by atoms with Gasteiger partial charge in [0.05, 0.1) is 24.2 Å². The number of fused-ring (bicyclic) bond motifs is 1. The molecule has 1 N–H and O–H groups in total. The lowest BCUT2D eigenvalue weighted by atomic mass is 9.99. The van der Waals surface area contributed by atoms with Crippen molar-refractivity contribution in [3.8, 4) is 0 Å². The molecule has 4 rings (SSSR count). The van der Waals surface area contributed by atoms with Gasteiger partial charge in [-0.25, -0.2) is 4.98 Å². The Morgan fingerprint density at radius 3 is 2.75 bits per heavy atom. The fourth-order valence-electron chi connectivity index (χ4n) is 3.72. The molecular weight excluding hydrogens is 354 g/mol. The molecule has 0 unspecified atom stereocenters. The number of hydrogen-bond donors (Lipinski definition) is 1. The second-order valence-electron chi connectivity index (χ2n) is 7.47. The summed E-state index contributed by atoms with van der Waals surface area (Å²) in [6, 6.07) is 8.30. The van der Waals surface area contributed by atoms with E-state index in [0.717, 1.165) is 23.4 Å². The first-order valence-corrected chi connectivity index (χ1v) is 9.53. The molecule has 1 aromatic carbocycles. The van der Waals surface area contributed by atoms with E-state index in [-0.39, 0.29) is 18.1 Å². The lowest BCUT2D eigenvalue weighted by molar-refractivity contribution is -0.00701. The molecule has 28 heavy (non-hydrogen) atoms. The van der Waals surface area contributed by atoms with E-state index in [4.69, 9.17) is 4.74 Å². The third-order valence-electron chi connectivity index (χ3n) is 5.15. The second kappa shape index (κ2) is 7.59. The Bertz CT molecular complexity index is 946. The molecule has 1 aliphatic heterocycles. The molecule has 3 heterocycles. The first-order chi connectivity index (χ1) is 13.5. The van der Waals surface area contributed by atoms with Crippen LogP contribution in [0.25, 0.3) is 0 Å². The fourth-order valence-corrected chi connectivity index (χ4v) is 3.72. The van der Waals surface area contributed by atoms with Crippen molar-refractivity contribution in [1.29, 1.82) is 0 Å². The predicted molar refractivity (Wildman–Crippen MR) is 105 cm³/mol. The number of ether oxygens (including phenoxy) is 1. The Morgan fingerprint density at radius 2 is 2.04 bits per heavy atom. The molecule has 2 atom stereocenters. The van der Waals surface area contributed by atoms with E-state index in [2.05, 4.69) is 39.4 Å². The molecular formula is C21H25N5O2. The number of carbonyl (C=O) groups is 1. The van der Waals surface area contributed by atoms with Crippen LogP contribution in [0, 0.1) is 0 Å². The summed E-state index contributed by atoms with van der Waals surface area (Å²) >= 11 is 0. The molecule has 0 aliphatic carbocycles. The maximum atomic E-state index is 13.0. The zero-order valence-electron chi connectivity index (χ0n) is 16.4. The number of benzene rings is 1. The highest BCUT2D eigenvalue weighted by molar-refractivity contribution is 5.94. The summed E-state index contributed by atoms with van der Waals surface area (Å²) in [4.78, 5) is 18.7. The molecule has 1 aliphatic rings. The smallest absolute Gasteiger partial charge is 0.274 e. The van der Waals surface area contributed by atoms with Crippen molar-refractivity contribution in [1.82, 2.24) is 24.6 Å². The van der Waals surface area contributed by atoms with Crippen LogP contribution in [-0.4, -0.2) is 43.7 Å². The van der Waals surface area contributed by atoms with Gasteiger partial charge in [0.2, 0.25) is 0 Å². The van der Waals surface area contributed by atoms with Gasteiger partial charge in [0.25, 0.3) is 5.91 Å².